The van der Waals surface area contributed by atoms with Crippen molar-refractivity contribution in [2.24, 2.45) is 10.7 Å². The first-order valence-electron chi connectivity index (χ1n) is 7.66. The summed E-state index contributed by atoms with van der Waals surface area (Å²) < 4.78 is 11.0. The van der Waals surface area contributed by atoms with Crippen molar-refractivity contribution >= 4 is 29.9 Å². The highest BCUT2D eigenvalue weighted by Gasteiger charge is 2.29. The number of hydrogen-bond donors (Lipinski definition) is 2. The fourth-order valence-corrected chi connectivity index (χ4v) is 2.61. The second kappa shape index (κ2) is 9.81. The van der Waals surface area contributed by atoms with Crippen LogP contribution in [0.15, 0.2) is 4.99 Å². The van der Waals surface area contributed by atoms with Crippen LogP contribution in [0, 0.1) is 0 Å². The van der Waals surface area contributed by atoms with E-state index in [1.165, 1.54) is 0 Å². The summed E-state index contributed by atoms with van der Waals surface area (Å²) in [4.78, 5) is 6.81. The largest absolute Gasteiger partial charge is 0.379 e. The van der Waals surface area contributed by atoms with Crippen LogP contribution >= 0.6 is 24.0 Å². The van der Waals surface area contributed by atoms with E-state index in [-0.39, 0.29) is 29.6 Å². The van der Waals surface area contributed by atoms with E-state index in [0.29, 0.717) is 12.5 Å². The van der Waals surface area contributed by atoms with Gasteiger partial charge in [-0.1, -0.05) is 0 Å². The second-order valence-electron chi connectivity index (χ2n) is 5.84. The van der Waals surface area contributed by atoms with Gasteiger partial charge in [0.15, 0.2) is 5.96 Å². The predicted molar refractivity (Wildman–Crippen MR) is 95.4 cm³/mol. The predicted octanol–water partition coefficient (Wildman–Crippen LogP) is 0.800. The van der Waals surface area contributed by atoms with Gasteiger partial charge in [-0.25, -0.2) is 0 Å². The van der Waals surface area contributed by atoms with Gasteiger partial charge in [0.05, 0.1) is 25.4 Å². The van der Waals surface area contributed by atoms with Gasteiger partial charge < -0.3 is 20.5 Å². The summed E-state index contributed by atoms with van der Waals surface area (Å²) in [6.45, 7) is 9.35. The molecule has 3 N–H and O–H groups in total. The third-order valence-corrected chi connectivity index (χ3v) is 3.95. The summed E-state index contributed by atoms with van der Waals surface area (Å²) in [7, 11) is 0. The lowest BCUT2D eigenvalue weighted by atomic mass is 10.0. The first-order valence-corrected chi connectivity index (χ1v) is 7.66. The average molecular weight is 412 g/mol. The van der Waals surface area contributed by atoms with Crippen LogP contribution in [0.25, 0.3) is 0 Å². The Bertz CT molecular complexity index is 316. The summed E-state index contributed by atoms with van der Waals surface area (Å²) >= 11 is 0. The van der Waals surface area contributed by atoms with Crippen molar-refractivity contribution in [3.8, 4) is 0 Å². The summed E-state index contributed by atoms with van der Waals surface area (Å²) in [5, 5.41) is 3.18. The van der Waals surface area contributed by atoms with Crippen LogP contribution in [0.4, 0.5) is 0 Å². The van der Waals surface area contributed by atoms with Crippen LogP contribution in [0.1, 0.15) is 26.2 Å². The van der Waals surface area contributed by atoms with Crippen molar-refractivity contribution in [1.82, 2.24) is 10.2 Å². The minimum Gasteiger partial charge on any atom is -0.379 e. The molecule has 0 spiro atoms. The number of rotatable bonds is 6. The molecule has 21 heavy (non-hydrogen) atoms. The molecule has 2 fully saturated rings. The number of aliphatic imine (C=N–C) groups is 1. The van der Waals surface area contributed by atoms with E-state index < -0.39 is 0 Å². The number of ether oxygens (including phenoxy) is 2. The lowest BCUT2D eigenvalue weighted by molar-refractivity contribution is 0.0284. The van der Waals surface area contributed by atoms with Crippen molar-refractivity contribution in [2.45, 2.75) is 31.8 Å². The number of hydrogen-bond acceptors (Lipinski definition) is 4. The van der Waals surface area contributed by atoms with E-state index in [1.807, 2.05) is 0 Å². The van der Waals surface area contributed by atoms with Crippen LogP contribution in [-0.2, 0) is 9.47 Å². The molecule has 0 bridgehead atoms. The molecule has 0 aromatic rings. The standard InChI is InChI=1S/C14H28N4O2.HI/c1-14(4-2-9-20-14)12-17-13(15)16-5-3-6-18-7-10-19-11-8-18;/h2-12H2,1H3,(H3,15,16,17);1H. The van der Waals surface area contributed by atoms with Gasteiger partial charge in [0, 0.05) is 26.2 Å². The summed E-state index contributed by atoms with van der Waals surface area (Å²) in [5.41, 5.74) is 5.77. The van der Waals surface area contributed by atoms with Crippen molar-refractivity contribution in [3.05, 3.63) is 0 Å². The van der Waals surface area contributed by atoms with E-state index >= 15 is 0 Å². The maximum atomic E-state index is 5.88. The lowest BCUT2D eigenvalue weighted by Crippen LogP contribution is -2.39. The molecule has 2 heterocycles. The van der Waals surface area contributed by atoms with E-state index in [2.05, 4.69) is 22.1 Å². The normalized spacial score (nSPS) is 27.4. The summed E-state index contributed by atoms with van der Waals surface area (Å²) in [5.74, 6) is 0.531. The highest BCUT2D eigenvalue weighted by molar-refractivity contribution is 14.0. The Morgan fingerprint density at radius 3 is 2.76 bits per heavy atom. The Labute approximate surface area is 144 Å². The molecule has 124 valence electrons. The molecule has 0 radical (unpaired) electrons. The zero-order chi connectivity index (χ0) is 14.3. The van der Waals surface area contributed by atoms with Crippen LogP contribution in [-0.4, -0.2) is 69.0 Å². The molecular formula is C14H29IN4O2. The zero-order valence-corrected chi connectivity index (χ0v) is 15.3. The van der Waals surface area contributed by atoms with Gasteiger partial charge in [0.1, 0.15) is 0 Å². The molecule has 2 aliphatic rings. The fraction of sp³-hybridized carbons (Fsp3) is 0.929. The summed E-state index contributed by atoms with van der Waals surface area (Å²) in [6.07, 6.45) is 3.27. The third-order valence-electron chi connectivity index (χ3n) is 3.95. The van der Waals surface area contributed by atoms with Gasteiger partial charge >= 0.3 is 0 Å². The number of nitrogens with two attached hydrogens (primary N) is 1. The third kappa shape index (κ3) is 7.12. The molecule has 0 amide bonds. The molecule has 0 saturated carbocycles. The number of nitrogens with one attached hydrogen (secondary N) is 1. The molecule has 2 saturated heterocycles. The SMILES string of the molecule is CC1(CN=C(N)NCCCN2CCOCC2)CCCO1.I. The Kier molecular flexibility index (Phi) is 8.84. The van der Waals surface area contributed by atoms with Gasteiger partial charge in [-0.3, -0.25) is 9.89 Å². The van der Waals surface area contributed by atoms with Crippen LogP contribution in [0.2, 0.25) is 0 Å². The molecule has 7 heteroatoms. The maximum Gasteiger partial charge on any atom is 0.188 e. The molecule has 6 nitrogen and oxygen atoms in total. The van der Waals surface area contributed by atoms with E-state index in [1.54, 1.807) is 0 Å². The topological polar surface area (TPSA) is 72.1 Å². The molecule has 2 aliphatic heterocycles. The maximum absolute atomic E-state index is 5.88. The number of guanidine groups is 1. The van der Waals surface area contributed by atoms with Crippen molar-refractivity contribution in [2.75, 3.05) is 52.5 Å². The minimum absolute atomic E-state index is 0. The van der Waals surface area contributed by atoms with Gasteiger partial charge in [-0.05, 0) is 32.7 Å². The molecular weight excluding hydrogens is 383 g/mol. The van der Waals surface area contributed by atoms with Crippen LogP contribution < -0.4 is 11.1 Å². The number of morpholine rings is 1. The van der Waals surface area contributed by atoms with E-state index in [4.69, 9.17) is 15.2 Å². The smallest absolute Gasteiger partial charge is 0.188 e. The van der Waals surface area contributed by atoms with Gasteiger partial charge in [0.25, 0.3) is 0 Å². The molecule has 2 rings (SSSR count). The second-order valence-corrected chi connectivity index (χ2v) is 5.84. The molecule has 1 atom stereocenters. The lowest BCUT2D eigenvalue weighted by Gasteiger charge is -2.26. The Hall–Kier alpha value is -0.120. The van der Waals surface area contributed by atoms with Crippen molar-refractivity contribution in [3.63, 3.8) is 0 Å². The first kappa shape index (κ1) is 18.9. The highest BCUT2D eigenvalue weighted by atomic mass is 127. The van der Waals surface area contributed by atoms with Crippen LogP contribution in [0.5, 0.6) is 0 Å². The van der Waals surface area contributed by atoms with E-state index in [9.17, 15) is 0 Å². The Morgan fingerprint density at radius 1 is 1.33 bits per heavy atom. The van der Waals surface area contributed by atoms with Crippen molar-refractivity contribution < 1.29 is 9.47 Å². The molecule has 1 unspecified atom stereocenters. The highest BCUT2D eigenvalue weighted by Crippen LogP contribution is 2.24. The monoisotopic (exact) mass is 412 g/mol. The van der Waals surface area contributed by atoms with Gasteiger partial charge in [-0.2, -0.15) is 0 Å². The quantitative estimate of drug-likeness (QED) is 0.292. The van der Waals surface area contributed by atoms with Gasteiger partial charge in [0.2, 0.25) is 0 Å². The average Bonchev–Trinajstić information content (AvgIpc) is 2.90. The van der Waals surface area contributed by atoms with Gasteiger partial charge in [-0.15, -0.1) is 24.0 Å². The molecule has 0 aromatic heterocycles. The molecule has 0 aliphatic carbocycles. The molecule has 0 aromatic carbocycles. The van der Waals surface area contributed by atoms with Crippen molar-refractivity contribution in [1.29, 1.82) is 0 Å². The summed E-state index contributed by atoms with van der Waals surface area (Å²) in [6, 6.07) is 0. The fourth-order valence-electron chi connectivity index (χ4n) is 2.61. The first-order chi connectivity index (χ1) is 9.68. The van der Waals surface area contributed by atoms with Crippen LogP contribution in [0.3, 0.4) is 0 Å². The Balaban J connectivity index is 0.00000220. The van der Waals surface area contributed by atoms with E-state index in [0.717, 1.165) is 65.3 Å². The zero-order valence-electron chi connectivity index (χ0n) is 13.0. The number of halogens is 1. The Morgan fingerprint density at radius 2 is 2.10 bits per heavy atom. The minimum atomic E-state index is -0.111. The number of nitrogens with zero attached hydrogens (tertiary/aromatic N) is 2.